The third-order valence-electron chi connectivity index (χ3n) is 3.05. The molecule has 0 aromatic rings. The molecule has 6 nitrogen and oxygen atoms in total. The molecule has 0 bridgehead atoms. The summed E-state index contributed by atoms with van der Waals surface area (Å²) >= 11 is 0. The van der Waals surface area contributed by atoms with Crippen molar-refractivity contribution in [1.82, 2.24) is 0 Å². The van der Waals surface area contributed by atoms with Crippen LogP contribution in [-0.2, 0) is 28.7 Å². The second-order valence-electron chi connectivity index (χ2n) is 4.59. The first-order valence-electron chi connectivity index (χ1n) is 8.46. The van der Waals surface area contributed by atoms with Crippen LogP contribution < -0.4 is 0 Å². The third-order valence-corrected chi connectivity index (χ3v) is 3.05. The van der Waals surface area contributed by atoms with Gasteiger partial charge in [0, 0.05) is 0 Å². The number of esters is 4. The lowest BCUT2D eigenvalue weighted by Crippen LogP contribution is -2.06. The smallest absolute Gasteiger partial charge is 0.317 e. The van der Waals surface area contributed by atoms with Crippen molar-refractivity contribution in [1.29, 1.82) is 0 Å². The zero-order valence-electron chi connectivity index (χ0n) is 15.1. The van der Waals surface area contributed by atoms with Gasteiger partial charge in [0.1, 0.15) is 0 Å². The van der Waals surface area contributed by atoms with E-state index in [0.717, 1.165) is 12.8 Å². The van der Waals surface area contributed by atoms with Gasteiger partial charge in [-0.15, -0.1) is 0 Å². The first kappa shape index (κ1) is 23.5. The Hall–Kier alpha value is -1.72. The van der Waals surface area contributed by atoms with E-state index in [1.165, 1.54) is 0 Å². The Bertz CT molecular complexity index is 389. The van der Waals surface area contributed by atoms with Crippen molar-refractivity contribution in [3.8, 4) is 0 Å². The topological polar surface area (TPSA) is 86.7 Å². The number of cyclic esters (lactones) is 4. The summed E-state index contributed by atoms with van der Waals surface area (Å²) in [6.07, 6.45) is 2.95. The predicted octanol–water partition coefficient (Wildman–Crippen LogP) is 3.41. The monoisotopic (exact) mass is 330 g/mol. The zero-order chi connectivity index (χ0) is 18.4. The van der Waals surface area contributed by atoms with Crippen molar-refractivity contribution in [3.63, 3.8) is 0 Å². The van der Waals surface area contributed by atoms with Crippen LogP contribution in [0.4, 0.5) is 0 Å². The molecule has 2 aliphatic rings. The fraction of sp³-hybridized carbons (Fsp3) is 0.765. The van der Waals surface area contributed by atoms with E-state index in [2.05, 4.69) is 9.47 Å². The van der Waals surface area contributed by atoms with Gasteiger partial charge in [0.2, 0.25) is 0 Å². The predicted molar refractivity (Wildman–Crippen MR) is 86.3 cm³/mol. The Morgan fingerprint density at radius 1 is 0.783 bits per heavy atom. The Morgan fingerprint density at radius 2 is 1.17 bits per heavy atom. The van der Waals surface area contributed by atoms with Crippen LogP contribution in [0.3, 0.4) is 0 Å². The molecule has 0 aromatic carbocycles. The van der Waals surface area contributed by atoms with Crippen LogP contribution in [0.5, 0.6) is 0 Å². The molecular formula is C17H30O6. The van der Waals surface area contributed by atoms with Crippen molar-refractivity contribution in [2.45, 2.75) is 73.6 Å². The maximum atomic E-state index is 10.7. The van der Waals surface area contributed by atoms with E-state index < -0.39 is 0 Å². The van der Waals surface area contributed by atoms with Crippen LogP contribution in [0.15, 0.2) is 0 Å². The summed E-state index contributed by atoms with van der Waals surface area (Å²) in [5.41, 5.74) is 0. The van der Waals surface area contributed by atoms with E-state index in [-0.39, 0.29) is 48.6 Å². The Kier molecular flexibility index (Phi) is 14.2. The van der Waals surface area contributed by atoms with E-state index in [1.807, 2.05) is 41.5 Å². The van der Waals surface area contributed by atoms with Crippen molar-refractivity contribution < 1.29 is 28.7 Å². The van der Waals surface area contributed by atoms with Gasteiger partial charge < -0.3 is 9.47 Å². The molecule has 0 N–H and O–H groups in total. The molecule has 2 atom stereocenters. The first-order chi connectivity index (χ1) is 11.0. The van der Waals surface area contributed by atoms with Crippen LogP contribution in [0.2, 0.25) is 0 Å². The molecule has 2 heterocycles. The quantitative estimate of drug-likeness (QED) is 0.582. The molecule has 2 fully saturated rings. The van der Waals surface area contributed by atoms with Crippen LogP contribution in [-0.4, -0.2) is 23.9 Å². The lowest BCUT2D eigenvalue weighted by Gasteiger charge is -1.97. The molecule has 0 radical (unpaired) electrons. The van der Waals surface area contributed by atoms with Crippen molar-refractivity contribution in [3.05, 3.63) is 0 Å². The standard InChI is InChI=1S/C7H10O3.C6H8O3.2C2H6/c1-2-3-5-4-6(8)10-7(5)9;1-2-4-3-5(7)9-6(4)8;2*1-2/h5H,2-4H2,1H3;4H,2-3H2,1H3;2*1-2H3. The number of rotatable bonds is 3. The number of carbonyl (C=O) groups excluding carboxylic acids is 4. The lowest BCUT2D eigenvalue weighted by atomic mass is 10.0. The molecule has 0 saturated carbocycles. The Balaban J connectivity index is 0. The molecule has 0 aliphatic carbocycles. The summed E-state index contributed by atoms with van der Waals surface area (Å²) in [7, 11) is 0. The minimum atomic E-state index is -0.383. The first-order valence-corrected chi connectivity index (χ1v) is 8.46. The highest BCUT2D eigenvalue weighted by Crippen LogP contribution is 2.20. The van der Waals surface area contributed by atoms with E-state index in [4.69, 9.17) is 0 Å². The summed E-state index contributed by atoms with van der Waals surface area (Å²) in [6, 6.07) is 0. The fourth-order valence-corrected chi connectivity index (χ4v) is 1.92. The van der Waals surface area contributed by atoms with E-state index in [0.29, 0.717) is 6.42 Å². The molecule has 134 valence electrons. The highest BCUT2D eigenvalue weighted by atomic mass is 16.6. The van der Waals surface area contributed by atoms with Crippen LogP contribution >= 0.6 is 0 Å². The van der Waals surface area contributed by atoms with Gasteiger partial charge >= 0.3 is 23.9 Å². The summed E-state index contributed by atoms with van der Waals surface area (Å²) < 4.78 is 8.64. The van der Waals surface area contributed by atoms with E-state index in [9.17, 15) is 19.2 Å². The average Bonchev–Trinajstić information content (AvgIpc) is 3.05. The maximum absolute atomic E-state index is 10.7. The number of hydrogen-bond donors (Lipinski definition) is 0. The van der Waals surface area contributed by atoms with Gasteiger partial charge in [0.25, 0.3) is 0 Å². The van der Waals surface area contributed by atoms with E-state index >= 15 is 0 Å². The molecule has 23 heavy (non-hydrogen) atoms. The molecule has 2 unspecified atom stereocenters. The summed E-state index contributed by atoms with van der Waals surface area (Å²) in [5.74, 6) is -1.78. The molecule has 0 aromatic heterocycles. The van der Waals surface area contributed by atoms with Crippen molar-refractivity contribution in [2.24, 2.45) is 11.8 Å². The van der Waals surface area contributed by atoms with Crippen molar-refractivity contribution >= 4 is 23.9 Å². The van der Waals surface area contributed by atoms with Gasteiger partial charge in [-0.05, 0) is 12.8 Å². The lowest BCUT2D eigenvalue weighted by molar-refractivity contribution is -0.154. The minimum absolute atomic E-state index is 0.155. The van der Waals surface area contributed by atoms with Crippen LogP contribution in [0.25, 0.3) is 0 Å². The molecule has 2 saturated heterocycles. The molecular weight excluding hydrogens is 300 g/mol. The molecule has 0 spiro atoms. The maximum Gasteiger partial charge on any atom is 0.317 e. The van der Waals surface area contributed by atoms with E-state index in [1.54, 1.807) is 0 Å². The van der Waals surface area contributed by atoms with Crippen molar-refractivity contribution in [2.75, 3.05) is 0 Å². The third kappa shape index (κ3) is 9.11. The number of hydrogen-bond acceptors (Lipinski definition) is 6. The summed E-state index contributed by atoms with van der Waals surface area (Å²) in [6.45, 7) is 11.8. The second-order valence-corrected chi connectivity index (χ2v) is 4.59. The highest BCUT2D eigenvalue weighted by Gasteiger charge is 2.32. The molecule has 2 aliphatic heterocycles. The molecule has 2 rings (SSSR count). The van der Waals surface area contributed by atoms with Gasteiger partial charge in [-0.25, -0.2) is 0 Å². The highest BCUT2D eigenvalue weighted by molar-refractivity contribution is 5.95. The number of ether oxygens (including phenoxy) is 2. The summed E-state index contributed by atoms with van der Waals surface area (Å²) in [4.78, 5) is 42.2. The number of carbonyl (C=O) groups is 4. The van der Waals surface area contributed by atoms with Gasteiger partial charge in [-0.1, -0.05) is 48.0 Å². The fourth-order valence-electron chi connectivity index (χ4n) is 1.92. The van der Waals surface area contributed by atoms with Gasteiger partial charge in [-0.3, -0.25) is 19.2 Å². The zero-order valence-corrected chi connectivity index (χ0v) is 15.1. The largest absolute Gasteiger partial charge is 0.393 e. The SMILES string of the molecule is CC.CC.CCC1CC(=O)OC1=O.CCCC1CC(=O)OC1=O. The normalized spacial score (nSPS) is 21.8. The average molecular weight is 330 g/mol. The Labute approximate surface area is 138 Å². The van der Waals surface area contributed by atoms with Gasteiger partial charge in [-0.2, -0.15) is 0 Å². The molecule has 0 amide bonds. The summed E-state index contributed by atoms with van der Waals surface area (Å²) in [5, 5.41) is 0. The van der Waals surface area contributed by atoms with Crippen LogP contribution in [0, 0.1) is 11.8 Å². The molecule has 6 heteroatoms. The Morgan fingerprint density at radius 3 is 1.39 bits per heavy atom. The van der Waals surface area contributed by atoms with Gasteiger partial charge in [0.05, 0.1) is 24.7 Å². The minimum Gasteiger partial charge on any atom is -0.393 e. The van der Waals surface area contributed by atoms with Gasteiger partial charge in [0.15, 0.2) is 0 Å². The van der Waals surface area contributed by atoms with Crippen LogP contribution in [0.1, 0.15) is 73.6 Å². The second kappa shape index (κ2) is 13.9.